The Morgan fingerprint density at radius 2 is 1.94 bits per heavy atom. The molecular formula is C15H23NO. The Hall–Kier alpha value is -0.860. The Morgan fingerprint density at radius 3 is 2.65 bits per heavy atom. The molecule has 0 aliphatic heterocycles. The number of methoxy groups -OCH3 is 1. The van der Waals surface area contributed by atoms with Crippen molar-refractivity contribution in [2.45, 2.75) is 51.3 Å². The lowest BCUT2D eigenvalue weighted by Crippen LogP contribution is -2.38. The minimum atomic E-state index is 0.358. The van der Waals surface area contributed by atoms with E-state index in [0.29, 0.717) is 12.1 Å². The summed E-state index contributed by atoms with van der Waals surface area (Å²) in [5.74, 6) is 0. The minimum absolute atomic E-state index is 0.358. The van der Waals surface area contributed by atoms with E-state index in [4.69, 9.17) is 4.74 Å². The second kappa shape index (κ2) is 5.65. The summed E-state index contributed by atoms with van der Waals surface area (Å²) in [5, 5.41) is 3.70. The van der Waals surface area contributed by atoms with Crippen LogP contribution in [0.1, 0.15) is 43.7 Å². The van der Waals surface area contributed by atoms with Crippen molar-refractivity contribution in [2.75, 3.05) is 7.11 Å². The van der Waals surface area contributed by atoms with Gasteiger partial charge >= 0.3 is 0 Å². The van der Waals surface area contributed by atoms with E-state index < -0.39 is 0 Å². The third-order valence-corrected chi connectivity index (χ3v) is 3.73. The van der Waals surface area contributed by atoms with E-state index >= 15 is 0 Å². The maximum Gasteiger partial charge on any atom is 0.0713 e. The molecule has 2 rings (SSSR count). The Balaban J connectivity index is 1.91. The highest BCUT2D eigenvalue weighted by molar-refractivity contribution is 5.23. The van der Waals surface area contributed by atoms with Gasteiger partial charge in [0.05, 0.1) is 6.61 Å². The van der Waals surface area contributed by atoms with Crippen LogP contribution < -0.4 is 5.32 Å². The standard InChI is InChI=1S/C15H23NO/c1-15(8-3-4-9-15)16-11-13-6-5-7-14(10-13)12-17-2/h5-7,10,16H,3-4,8-9,11-12H2,1-2H3. The summed E-state index contributed by atoms with van der Waals surface area (Å²) in [7, 11) is 1.74. The van der Waals surface area contributed by atoms with Crippen LogP contribution in [0.25, 0.3) is 0 Å². The van der Waals surface area contributed by atoms with Gasteiger partial charge in [-0.05, 0) is 30.9 Å². The topological polar surface area (TPSA) is 21.3 Å². The van der Waals surface area contributed by atoms with E-state index in [0.717, 1.165) is 6.54 Å². The van der Waals surface area contributed by atoms with Crippen LogP contribution in [0, 0.1) is 0 Å². The Morgan fingerprint density at radius 1 is 1.24 bits per heavy atom. The van der Waals surface area contributed by atoms with Gasteiger partial charge in [-0.25, -0.2) is 0 Å². The van der Waals surface area contributed by atoms with Crippen molar-refractivity contribution in [1.82, 2.24) is 5.32 Å². The van der Waals surface area contributed by atoms with Gasteiger partial charge in [-0.1, -0.05) is 37.1 Å². The SMILES string of the molecule is COCc1cccc(CNC2(C)CCCC2)c1. The number of ether oxygens (including phenoxy) is 1. The fraction of sp³-hybridized carbons (Fsp3) is 0.600. The molecule has 2 heteroatoms. The van der Waals surface area contributed by atoms with Gasteiger partial charge in [0.1, 0.15) is 0 Å². The molecule has 94 valence electrons. The summed E-state index contributed by atoms with van der Waals surface area (Å²) in [4.78, 5) is 0. The van der Waals surface area contributed by atoms with E-state index in [1.54, 1.807) is 7.11 Å². The molecule has 0 unspecified atom stereocenters. The van der Waals surface area contributed by atoms with Crippen molar-refractivity contribution >= 4 is 0 Å². The molecule has 0 bridgehead atoms. The summed E-state index contributed by atoms with van der Waals surface area (Å²) < 4.78 is 5.16. The molecule has 1 aliphatic carbocycles. The highest BCUT2D eigenvalue weighted by Gasteiger charge is 2.27. The summed E-state index contributed by atoms with van der Waals surface area (Å²) in [6, 6.07) is 8.64. The first-order valence-electron chi connectivity index (χ1n) is 6.54. The van der Waals surface area contributed by atoms with Gasteiger partial charge in [0.25, 0.3) is 0 Å². The summed E-state index contributed by atoms with van der Waals surface area (Å²) >= 11 is 0. The molecule has 17 heavy (non-hydrogen) atoms. The molecule has 0 heterocycles. The monoisotopic (exact) mass is 233 g/mol. The van der Waals surface area contributed by atoms with Crippen molar-refractivity contribution in [2.24, 2.45) is 0 Å². The number of benzene rings is 1. The first-order chi connectivity index (χ1) is 8.22. The Kier molecular flexibility index (Phi) is 4.19. The van der Waals surface area contributed by atoms with Gasteiger partial charge in [0, 0.05) is 19.2 Å². The number of nitrogens with one attached hydrogen (secondary N) is 1. The van der Waals surface area contributed by atoms with Gasteiger partial charge in [0.2, 0.25) is 0 Å². The van der Waals surface area contributed by atoms with E-state index in [-0.39, 0.29) is 0 Å². The van der Waals surface area contributed by atoms with Crippen molar-refractivity contribution in [1.29, 1.82) is 0 Å². The number of hydrogen-bond acceptors (Lipinski definition) is 2. The highest BCUT2D eigenvalue weighted by atomic mass is 16.5. The van der Waals surface area contributed by atoms with E-state index in [2.05, 4.69) is 36.5 Å². The van der Waals surface area contributed by atoms with Crippen LogP contribution in [-0.2, 0) is 17.9 Å². The summed E-state index contributed by atoms with van der Waals surface area (Å²) in [6.07, 6.45) is 5.36. The second-order valence-corrected chi connectivity index (χ2v) is 5.37. The lowest BCUT2D eigenvalue weighted by molar-refractivity contribution is 0.185. The van der Waals surface area contributed by atoms with Crippen molar-refractivity contribution in [3.8, 4) is 0 Å². The molecule has 1 fully saturated rings. The van der Waals surface area contributed by atoms with Crippen LogP contribution in [0.5, 0.6) is 0 Å². The van der Waals surface area contributed by atoms with Crippen LogP contribution in [0.15, 0.2) is 24.3 Å². The minimum Gasteiger partial charge on any atom is -0.380 e. The summed E-state index contributed by atoms with van der Waals surface area (Å²) in [6.45, 7) is 4.01. The van der Waals surface area contributed by atoms with Crippen molar-refractivity contribution < 1.29 is 4.74 Å². The van der Waals surface area contributed by atoms with Gasteiger partial charge in [-0.2, -0.15) is 0 Å². The Labute approximate surface area is 104 Å². The predicted molar refractivity (Wildman–Crippen MR) is 70.9 cm³/mol. The van der Waals surface area contributed by atoms with Gasteiger partial charge in [-0.15, -0.1) is 0 Å². The molecule has 0 amide bonds. The molecule has 0 spiro atoms. The third-order valence-electron chi connectivity index (χ3n) is 3.73. The molecule has 0 aromatic heterocycles. The molecular weight excluding hydrogens is 210 g/mol. The quantitative estimate of drug-likeness (QED) is 0.843. The average Bonchev–Trinajstić information content (AvgIpc) is 2.76. The fourth-order valence-corrected chi connectivity index (χ4v) is 2.64. The largest absolute Gasteiger partial charge is 0.380 e. The lowest BCUT2D eigenvalue weighted by Gasteiger charge is -2.25. The number of hydrogen-bond donors (Lipinski definition) is 1. The van der Waals surface area contributed by atoms with E-state index in [1.807, 2.05) is 0 Å². The third kappa shape index (κ3) is 3.55. The average molecular weight is 233 g/mol. The highest BCUT2D eigenvalue weighted by Crippen LogP contribution is 2.29. The zero-order chi connectivity index (χ0) is 12.1. The van der Waals surface area contributed by atoms with Crippen LogP contribution in [0.2, 0.25) is 0 Å². The van der Waals surface area contributed by atoms with Gasteiger partial charge in [0.15, 0.2) is 0 Å². The van der Waals surface area contributed by atoms with E-state index in [9.17, 15) is 0 Å². The predicted octanol–water partition coefficient (Wildman–Crippen LogP) is 3.26. The molecule has 1 N–H and O–H groups in total. The normalized spacial score (nSPS) is 18.5. The zero-order valence-corrected chi connectivity index (χ0v) is 11.0. The maximum absolute atomic E-state index is 5.16. The fourth-order valence-electron chi connectivity index (χ4n) is 2.64. The smallest absolute Gasteiger partial charge is 0.0713 e. The van der Waals surface area contributed by atoms with Crippen LogP contribution in [0.3, 0.4) is 0 Å². The zero-order valence-electron chi connectivity index (χ0n) is 11.0. The lowest BCUT2D eigenvalue weighted by atomic mass is 10.00. The molecule has 1 saturated carbocycles. The van der Waals surface area contributed by atoms with Crippen LogP contribution >= 0.6 is 0 Å². The molecule has 0 radical (unpaired) electrons. The molecule has 0 atom stereocenters. The summed E-state index contributed by atoms with van der Waals surface area (Å²) in [5.41, 5.74) is 2.97. The van der Waals surface area contributed by atoms with Crippen molar-refractivity contribution in [3.63, 3.8) is 0 Å². The van der Waals surface area contributed by atoms with Gasteiger partial charge < -0.3 is 10.1 Å². The molecule has 0 saturated heterocycles. The molecule has 2 nitrogen and oxygen atoms in total. The first-order valence-corrected chi connectivity index (χ1v) is 6.54. The van der Waals surface area contributed by atoms with Crippen LogP contribution in [0.4, 0.5) is 0 Å². The van der Waals surface area contributed by atoms with Crippen LogP contribution in [-0.4, -0.2) is 12.6 Å². The first kappa shape index (κ1) is 12.6. The number of rotatable bonds is 5. The second-order valence-electron chi connectivity index (χ2n) is 5.37. The molecule has 1 aromatic carbocycles. The molecule has 1 aromatic rings. The maximum atomic E-state index is 5.16. The van der Waals surface area contributed by atoms with Gasteiger partial charge in [-0.3, -0.25) is 0 Å². The van der Waals surface area contributed by atoms with E-state index in [1.165, 1.54) is 36.8 Å². The molecule has 1 aliphatic rings. The van der Waals surface area contributed by atoms with Crippen molar-refractivity contribution in [3.05, 3.63) is 35.4 Å². The Bertz CT molecular complexity index is 356.